The Bertz CT molecular complexity index is 1260. The molecule has 0 N–H and O–H groups in total. The normalized spacial score (nSPS) is 22.4. The molecule has 6 atom stereocenters. The number of benzene rings is 2. The predicted molar refractivity (Wildman–Crippen MR) is 149 cm³/mol. The lowest BCUT2D eigenvalue weighted by molar-refractivity contribution is -0.254. The maximum absolute atomic E-state index is 12.2. The molecule has 0 bridgehead atoms. The molecule has 42 heavy (non-hydrogen) atoms. The van der Waals surface area contributed by atoms with Crippen molar-refractivity contribution in [3.8, 4) is 5.75 Å². The fourth-order valence-electron chi connectivity index (χ4n) is 4.78. The second-order valence-corrected chi connectivity index (χ2v) is 9.93. The van der Waals surface area contributed by atoms with Crippen LogP contribution in [-0.4, -0.2) is 68.6 Å². The van der Waals surface area contributed by atoms with Crippen LogP contribution in [0.1, 0.15) is 63.5 Å². The summed E-state index contributed by atoms with van der Waals surface area (Å²) in [4.78, 5) is 48.1. The summed E-state index contributed by atoms with van der Waals surface area (Å²) in [6.07, 6.45) is -6.53. The van der Waals surface area contributed by atoms with E-state index < -0.39 is 60.5 Å². The van der Waals surface area contributed by atoms with Gasteiger partial charge in [0.15, 0.2) is 18.3 Å². The fraction of sp³-hybridized carbons (Fsp3) is 0.467. The number of hydrogen-bond acceptors (Lipinski definition) is 11. The van der Waals surface area contributed by atoms with E-state index in [1.807, 2.05) is 31.2 Å². The minimum Gasteiger partial charge on any atom is -0.494 e. The number of halogens is 1. The zero-order valence-electron chi connectivity index (χ0n) is 24.3. The maximum Gasteiger partial charge on any atom is 0.303 e. The van der Waals surface area contributed by atoms with Gasteiger partial charge < -0.3 is 33.2 Å². The maximum atomic E-state index is 12.2. The van der Waals surface area contributed by atoms with Crippen LogP contribution in [0.3, 0.4) is 0 Å². The first-order chi connectivity index (χ1) is 19.9. The summed E-state index contributed by atoms with van der Waals surface area (Å²) in [5, 5.41) is 0.394. The Morgan fingerprint density at radius 3 is 1.98 bits per heavy atom. The summed E-state index contributed by atoms with van der Waals surface area (Å²) in [5.41, 5.74) is 1.86. The van der Waals surface area contributed by atoms with E-state index in [4.69, 9.17) is 44.8 Å². The summed E-state index contributed by atoms with van der Waals surface area (Å²) in [7, 11) is 1.54. The summed E-state index contributed by atoms with van der Waals surface area (Å²) in [6, 6.07) is 12.4. The molecule has 228 valence electrons. The van der Waals surface area contributed by atoms with Crippen molar-refractivity contribution in [1.82, 2.24) is 0 Å². The highest BCUT2D eigenvalue weighted by atomic mass is 35.5. The van der Waals surface area contributed by atoms with Gasteiger partial charge in [-0.25, -0.2) is 0 Å². The van der Waals surface area contributed by atoms with Crippen LogP contribution < -0.4 is 4.74 Å². The van der Waals surface area contributed by atoms with Crippen LogP contribution in [0.2, 0.25) is 5.02 Å². The summed E-state index contributed by atoms with van der Waals surface area (Å²) in [6.45, 7) is 6.82. The molecule has 1 saturated heterocycles. The van der Waals surface area contributed by atoms with E-state index in [-0.39, 0.29) is 6.61 Å². The van der Waals surface area contributed by atoms with Gasteiger partial charge in [0, 0.05) is 45.4 Å². The zero-order chi connectivity index (χ0) is 31.0. The number of rotatable bonds is 11. The number of ether oxygens (including phenoxy) is 7. The Kier molecular flexibility index (Phi) is 11.7. The second-order valence-electron chi connectivity index (χ2n) is 9.52. The minimum absolute atomic E-state index is 0.332. The summed E-state index contributed by atoms with van der Waals surface area (Å²) in [5.74, 6) is -2.01. The van der Waals surface area contributed by atoms with E-state index in [1.165, 1.54) is 20.8 Å². The molecule has 1 aliphatic rings. The van der Waals surface area contributed by atoms with Crippen LogP contribution in [0.25, 0.3) is 0 Å². The highest BCUT2D eigenvalue weighted by Gasteiger charge is 2.52. The summed E-state index contributed by atoms with van der Waals surface area (Å²) >= 11 is 6.64. The third kappa shape index (κ3) is 8.43. The minimum atomic E-state index is -1.29. The van der Waals surface area contributed by atoms with Gasteiger partial charge in [-0.05, 0) is 42.3 Å². The first-order valence-electron chi connectivity index (χ1n) is 13.3. The van der Waals surface area contributed by atoms with E-state index in [0.717, 1.165) is 12.5 Å². The van der Waals surface area contributed by atoms with Crippen molar-refractivity contribution in [3.05, 3.63) is 64.2 Å². The van der Waals surface area contributed by atoms with Crippen molar-refractivity contribution >= 4 is 35.5 Å². The van der Waals surface area contributed by atoms with Gasteiger partial charge in [0.2, 0.25) is 0 Å². The average Bonchev–Trinajstić information content (AvgIpc) is 2.91. The Morgan fingerprint density at radius 2 is 1.43 bits per heavy atom. The van der Waals surface area contributed by atoms with Crippen LogP contribution in [0, 0.1) is 0 Å². The highest BCUT2D eigenvalue weighted by Crippen LogP contribution is 2.40. The largest absolute Gasteiger partial charge is 0.494 e. The molecule has 0 radical (unpaired) electrons. The Balaban J connectivity index is 2.11. The molecule has 0 spiro atoms. The van der Waals surface area contributed by atoms with Gasteiger partial charge in [-0.1, -0.05) is 29.8 Å². The van der Waals surface area contributed by atoms with Crippen LogP contribution in [0.4, 0.5) is 0 Å². The molecule has 0 aliphatic carbocycles. The van der Waals surface area contributed by atoms with Crippen molar-refractivity contribution in [2.45, 2.75) is 71.2 Å². The van der Waals surface area contributed by atoms with Crippen LogP contribution in [0.5, 0.6) is 5.75 Å². The molecule has 0 saturated carbocycles. The van der Waals surface area contributed by atoms with Crippen molar-refractivity contribution in [2.24, 2.45) is 0 Å². The van der Waals surface area contributed by atoms with E-state index in [0.29, 0.717) is 28.5 Å². The standard InChI is InChI=1S/C30H35ClO11/c1-7-37-22-11-8-20(9-12-22)26(36-6)23-14-21(10-13-24(23)31)27-29(40-18(4)34)30(41-19(5)35)28(39-17(3)33)25(42-27)15-38-16(2)32/h8-14,25-30H,7,15H2,1-6H3/t25-,26?,27+,28-,29+,30+/m1/s1. The number of methoxy groups -OCH3 is 1. The lowest BCUT2D eigenvalue weighted by atomic mass is 9.89. The van der Waals surface area contributed by atoms with E-state index >= 15 is 0 Å². The predicted octanol–water partition coefficient (Wildman–Crippen LogP) is 4.27. The lowest BCUT2D eigenvalue weighted by Crippen LogP contribution is -2.59. The molecule has 0 aromatic heterocycles. The molecule has 3 rings (SSSR count). The van der Waals surface area contributed by atoms with Crippen molar-refractivity contribution in [3.63, 3.8) is 0 Å². The van der Waals surface area contributed by atoms with Gasteiger partial charge in [0.1, 0.15) is 30.7 Å². The van der Waals surface area contributed by atoms with Crippen LogP contribution >= 0.6 is 11.6 Å². The summed E-state index contributed by atoms with van der Waals surface area (Å²) < 4.78 is 39.5. The average molecular weight is 607 g/mol. The monoisotopic (exact) mass is 606 g/mol. The van der Waals surface area contributed by atoms with Gasteiger partial charge in [0.05, 0.1) is 6.61 Å². The molecule has 12 heteroatoms. The number of carbonyl (C=O) groups is 4. The van der Waals surface area contributed by atoms with Gasteiger partial charge in [-0.15, -0.1) is 0 Å². The molecule has 1 fully saturated rings. The van der Waals surface area contributed by atoms with Gasteiger partial charge >= 0.3 is 23.9 Å². The molecule has 1 aliphatic heterocycles. The van der Waals surface area contributed by atoms with Crippen molar-refractivity contribution in [1.29, 1.82) is 0 Å². The van der Waals surface area contributed by atoms with Crippen molar-refractivity contribution in [2.75, 3.05) is 20.3 Å². The van der Waals surface area contributed by atoms with Gasteiger partial charge in [0.25, 0.3) is 0 Å². The Morgan fingerprint density at radius 1 is 0.833 bits per heavy atom. The molecule has 1 unspecified atom stereocenters. The number of hydrogen-bond donors (Lipinski definition) is 0. The molecular weight excluding hydrogens is 572 g/mol. The SMILES string of the molecule is CCOc1ccc(C(OC)c2cc([C@@H]3O[C@H](COC(C)=O)[C@@H](OC(C)=O)[C@H](OC(C)=O)[C@H]3OC(C)=O)ccc2Cl)cc1. The molecule has 1 heterocycles. The smallest absolute Gasteiger partial charge is 0.303 e. The van der Waals surface area contributed by atoms with Crippen LogP contribution in [-0.2, 0) is 47.6 Å². The van der Waals surface area contributed by atoms with Crippen LogP contribution in [0.15, 0.2) is 42.5 Å². The quantitative estimate of drug-likeness (QED) is 0.268. The molecule has 2 aromatic rings. The lowest BCUT2D eigenvalue weighted by Gasteiger charge is -2.44. The number of esters is 4. The fourth-order valence-corrected chi connectivity index (χ4v) is 5.00. The third-order valence-electron chi connectivity index (χ3n) is 6.35. The van der Waals surface area contributed by atoms with Crippen molar-refractivity contribution < 1.29 is 52.3 Å². The highest BCUT2D eigenvalue weighted by molar-refractivity contribution is 6.31. The molecule has 11 nitrogen and oxygen atoms in total. The van der Waals surface area contributed by atoms with E-state index in [1.54, 1.807) is 25.3 Å². The number of carbonyl (C=O) groups excluding carboxylic acids is 4. The first-order valence-corrected chi connectivity index (χ1v) is 13.7. The zero-order valence-corrected chi connectivity index (χ0v) is 25.0. The topological polar surface area (TPSA) is 133 Å². The Labute approximate surface area is 249 Å². The molecular formula is C30H35ClO11. The first kappa shape index (κ1) is 32.8. The Hall–Kier alpha value is -3.67. The van der Waals surface area contributed by atoms with Gasteiger partial charge in [-0.2, -0.15) is 0 Å². The van der Waals surface area contributed by atoms with E-state index in [2.05, 4.69) is 0 Å². The third-order valence-corrected chi connectivity index (χ3v) is 6.70. The second kappa shape index (κ2) is 15.0. The molecule has 0 amide bonds. The molecule has 2 aromatic carbocycles. The van der Waals surface area contributed by atoms with E-state index in [9.17, 15) is 19.2 Å². The van der Waals surface area contributed by atoms with Gasteiger partial charge in [-0.3, -0.25) is 19.2 Å².